The molecular weight excluding hydrogens is 284 g/mol. The van der Waals surface area contributed by atoms with Crippen LogP contribution in [0.3, 0.4) is 0 Å². The Hall–Kier alpha value is -1.11. The van der Waals surface area contributed by atoms with E-state index in [9.17, 15) is 4.79 Å². The van der Waals surface area contributed by atoms with E-state index in [2.05, 4.69) is 5.32 Å². The summed E-state index contributed by atoms with van der Waals surface area (Å²) in [5, 5.41) is 3.41. The van der Waals surface area contributed by atoms with Crippen LogP contribution < -0.4 is 5.32 Å². The van der Waals surface area contributed by atoms with Crippen molar-refractivity contribution < 1.29 is 19.0 Å². The molecule has 0 spiro atoms. The van der Waals surface area contributed by atoms with E-state index < -0.39 is 5.79 Å². The van der Waals surface area contributed by atoms with Crippen LogP contribution in [0.5, 0.6) is 0 Å². The van der Waals surface area contributed by atoms with Gasteiger partial charge in [-0.3, -0.25) is 5.32 Å². The maximum absolute atomic E-state index is 12.3. The molecule has 0 saturated carbocycles. The minimum Gasteiger partial charge on any atom is -0.413 e. The van der Waals surface area contributed by atoms with E-state index >= 15 is 0 Å². The molecule has 2 heterocycles. The van der Waals surface area contributed by atoms with Crippen molar-refractivity contribution in [3.63, 3.8) is 0 Å². The van der Waals surface area contributed by atoms with Crippen molar-refractivity contribution in [2.75, 3.05) is 20.2 Å². The standard InChI is InChI=1S/C16H28N2O4/c1-14(2)8-12(15(3,4)17-14)21-13(19)18(7)9-11-10-20-16(5,6)22-11/h8,11,17H,9-10H2,1-7H3. The fourth-order valence-corrected chi connectivity index (χ4v) is 2.97. The monoisotopic (exact) mass is 312 g/mol. The fourth-order valence-electron chi connectivity index (χ4n) is 2.97. The highest BCUT2D eigenvalue weighted by Crippen LogP contribution is 2.31. The van der Waals surface area contributed by atoms with Gasteiger partial charge in [0.15, 0.2) is 5.79 Å². The molecule has 6 nitrogen and oxygen atoms in total. The first-order valence-corrected chi connectivity index (χ1v) is 7.68. The second kappa shape index (κ2) is 5.51. The fraction of sp³-hybridized carbons (Fsp3) is 0.812. The van der Waals surface area contributed by atoms with Gasteiger partial charge in [-0.15, -0.1) is 0 Å². The van der Waals surface area contributed by atoms with Crippen LogP contribution in [0.25, 0.3) is 0 Å². The molecule has 1 fully saturated rings. The summed E-state index contributed by atoms with van der Waals surface area (Å²) in [6.07, 6.45) is 1.44. The molecule has 0 bridgehead atoms. The molecule has 2 rings (SSSR count). The van der Waals surface area contributed by atoms with Crippen molar-refractivity contribution in [3.8, 4) is 0 Å². The lowest BCUT2D eigenvalue weighted by Crippen LogP contribution is -2.46. The Morgan fingerprint density at radius 2 is 2.00 bits per heavy atom. The van der Waals surface area contributed by atoms with E-state index in [0.717, 1.165) is 0 Å². The molecule has 126 valence electrons. The molecule has 0 aromatic heterocycles. The second-order valence-electron chi connectivity index (χ2n) is 7.68. The Morgan fingerprint density at radius 3 is 2.45 bits per heavy atom. The third kappa shape index (κ3) is 4.00. The molecule has 1 saturated heterocycles. The van der Waals surface area contributed by atoms with Gasteiger partial charge in [-0.25, -0.2) is 4.79 Å². The molecule has 22 heavy (non-hydrogen) atoms. The number of amides is 1. The largest absolute Gasteiger partial charge is 0.414 e. The lowest BCUT2D eigenvalue weighted by Gasteiger charge is -2.28. The number of carbonyl (C=O) groups excluding carboxylic acids is 1. The number of rotatable bonds is 3. The third-order valence-corrected chi connectivity index (χ3v) is 3.80. The van der Waals surface area contributed by atoms with Crippen LogP contribution >= 0.6 is 0 Å². The quantitative estimate of drug-likeness (QED) is 0.866. The predicted octanol–water partition coefficient (Wildman–Crippen LogP) is 2.25. The smallest absolute Gasteiger partial charge is 0.413 e. The molecule has 1 unspecified atom stereocenters. The molecule has 0 radical (unpaired) electrons. The third-order valence-electron chi connectivity index (χ3n) is 3.80. The molecule has 1 N–H and O–H groups in total. The van der Waals surface area contributed by atoms with Gasteiger partial charge in [0, 0.05) is 12.6 Å². The van der Waals surface area contributed by atoms with Crippen molar-refractivity contribution in [2.24, 2.45) is 0 Å². The van der Waals surface area contributed by atoms with Gasteiger partial charge >= 0.3 is 6.09 Å². The molecule has 0 aliphatic carbocycles. The number of ether oxygens (including phenoxy) is 3. The number of hydrogen-bond acceptors (Lipinski definition) is 5. The molecule has 0 aromatic rings. The zero-order valence-electron chi connectivity index (χ0n) is 14.6. The average Bonchev–Trinajstić information content (AvgIpc) is 2.75. The summed E-state index contributed by atoms with van der Waals surface area (Å²) in [4.78, 5) is 13.8. The van der Waals surface area contributed by atoms with E-state index in [1.165, 1.54) is 4.90 Å². The second-order valence-corrected chi connectivity index (χ2v) is 7.68. The maximum atomic E-state index is 12.3. The Labute approximate surface area is 132 Å². The van der Waals surface area contributed by atoms with E-state index in [1.807, 2.05) is 47.6 Å². The number of nitrogens with zero attached hydrogens (tertiary/aromatic N) is 1. The zero-order valence-corrected chi connectivity index (χ0v) is 14.6. The minimum atomic E-state index is -0.584. The van der Waals surface area contributed by atoms with Crippen LogP contribution in [0.15, 0.2) is 11.8 Å². The Balaban J connectivity index is 1.92. The predicted molar refractivity (Wildman–Crippen MR) is 83.4 cm³/mol. The van der Waals surface area contributed by atoms with Gasteiger partial charge in [0.05, 0.1) is 18.7 Å². The lowest BCUT2D eigenvalue weighted by atomic mass is 10.1. The molecule has 6 heteroatoms. The van der Waals surface area contributed by atoms with Crippen LogP contribution in [0.2, 0.25) is 0 Å². The van der Waals surface area contributed by atoms with Crippen LogP contribution in [0.4, 0.5) is 4.79 Å². The van der Waals surface area contributed by atoms with Gasteiger partial charge in [0.2, 0.25) is 0 Å². The molecule has 0 aromatic carbocycles. The summed E-state index contributed by atoms with van der Waals surface area (Å²) < 4.78 is 16.8. The van der Waals surface area contributed by atoms with Gasteiger partial charge in [0.1, 0.15) is 11.9 Å². The highest BCUT2D eigenvalue weighted by atomic mass is 16.7. The Kier molecular flexibility index (Phi) is 4.32. The Morgan fingerprint density at radius 1 is 1.36 bits per heavy atom. The van der Waals surface area contributed by atoms with Crippen molar-refractivity contribution in [1.82, 2.24) is 10.2 Å². The summed E-state index contributed by atoms with van der Waals surface area (Å²) >= 11 is 0. The normalized spacial score (nSPS) is 28.3. The molecule has 2 aliphatic rings. The summed E-state index contributed by atoms with van der Waals surface area (Å²) in [7, 11) is 1.71. The van der Waals surface area contributed by atoms with E-state index in [-0.39, 0.29) is 23.3 Å². The first kappa shape index (κ1) is 17.2. The summed E-state index contributed by atoms with van der Waals surface area (Å²) in [6, 6.07) is 0. The maximum Gasteiger partial charge on any atom is 0.414 e. The van der Waals surface area contributed by atoms with Gasteiger partial charge in [-0.2, -0.15) is 0 Å². The molecular formula is C16H28N2O4. The van der Waals surface area contributed by atoms with Crippen LogP contribution in [-0.4, -0.2) is 54.2 Å². The number of nitrogens with one attached hydrogen (secondary N) is 1. The Bertz CT molecular complexity index is 483. The minimum absolute atomic E-state index is 0.132. The molecule has 1 amide bonds. The average molecular weight is 312 g/mol. The summed E-state index contributed by atoms with van der Waals surface area (Å²) in [6.45, 7) is 12.7. The SMILES string of the molecule is CN(CC1COC(C)(C)O1)C(=O)OC1=CC(C)(C)NC1(C)C. The van der Waals surface area contributed by atoms with Gasteiger partial charge in [-0.1, -0.05) is 0 Å². The number of hydrogen-bond donors (Lipinski definition) is 1. The van der Waals surface area contributed by atoms with Gasteiger partial charge < -0.3 is 19.1 Å². The van der Waals surface area contributed by atoms with Crippen molar-refractivity contribution >= 4 is 6.09 Å². The van der Waals surface area contributed by atoms with E-state index in [4.69, 9.17) is 14.2 Å². The van der Waals surface area contributed by atoms with Crippen molar-refractivity contribution in [1.29, 1.82) is 0 Å². The highest BCUT2D eigenvalue weighted by Gasteiger charge is 2.40. The van der Waals surface area contributed by atoms with Gasteiger partial charge in [-0.05, 0) is 47.6 Å². The first-order chi connectivity index (χ1) is 9.90. The van der Waals surface area contributed by atoms with Crippen molar-refractivity contribution in [3.05, 3.63) is 11.8 Å². The lowest BCUT2D eigenvalue weighted by molar-refractivity contribution is -0.139. The van der Waals surface area contributed by atoms with Crippen LogP contribution in [0, 0.1) is 0 Å². The van der Waals surface area contributed by atoms with Crippen LogP contribution in [-0.2, 0) is 14.2 Å². The zero-order chi connectivity index (χ0) is 16.8. The summed E-state index contributed by atoms with van der Waals surface area (Å²) in [5.41, 5.74) is -0.556. The van der Waals surface area contributed by atoms with Crippen LogP contribution in [0.1, 0.15) is 41.5 Å². The topological polar surface area (TPSA) is 60.0 Å². The summed E-state index contributed by atoms with van der Waals surface area (Å²) in [5.74, 6) is 0.0672. The highest BCUT2D eigenvalue weighted by molar-refractivity contribution is 5.69. The first-order valence-electron chi connectivity index (χ1n) is 7.68. The molecule has 1 atom stereocenters. The van der Waals surface area contributed by atoms with Crippen molar-refractivity contribution in [2.45, 2.75) is 64.5 Å². The number of carbonyl (C=O) groups is 1. The van der Waals surface area contributed by atoms with E-state index in [1.54, 1.807) is 7.05 Å². The number of likely N-dealkylation sites (N-methyl/N-ethyl adjacent to an activating group) is 1. The van der Waals surface area contributed by atoms with Gasteiger partial charge in [0.25, 0.3) is 0 Å². The molecule has 2 aliphatic heterocycles. The van der Waals surface area contributed by atoms with E-state index in [0.29, 0.717) is 18.9 Å².